The smallest absolute Gasteiger partial charge is 0.293 e. The molecule has 0 bridgehead atoms. The van der Waals surface area contributed by atoms with Gasteiger partial charge in [0.25, 0.3) is 5.91 Å². The van der Waals surface area contributed by atoms with E-state index in [9.17, 15) is 9.18 Å². The molecule has 7 nitrogen and oxygen atoms in total. The minimum atomic E-state index is -0.512. The fourth-order valence-electron chi connectivity index (χ4n) is 3.22. The quantitative estimate of drug-likeness (QED) is 0.358. The molecule has 0 aliphatic rings. The maximum Gasteiger partial charge on any atom is 0.293 e. The van der Waals surface area contributed by atoms with Crippen LogP contribution in [-0.2, 0) is 18.6 Å². The number of halogens is 2. The van der Waals surface area contributed by atoms with E-state index in [0.717, 1.165) is 0 Å². The van der Waals surface area contributed by atoms with E-state index in [2.05, 4.69) is 36.2 Å². The van der Waals surface area contributed by atoms with Crippen LogP contribution in [0.3, 0.4) is 0 Å². The summed E-state index contributed by atoms with van der Waals surface area (Å²) in [7, 11) is 0. The molecule has 4 aromatic rings. The van der Waals surface area contributed by atoms with E-state index < -0.39 is 11.7 Å². The number of anilines is 1. The summed E-state index contributed by atoms with van der Waals surface area (Å²) in [5, 5.41) is 6.99. The van der Waals surface area contributed by atoms with Gasteiger partial charge in [-0.25, -0.2) is 14.1 Å². The zero-order chi connectivity index (χ0) is 24.3. The van der Waals surface area contributed by atoms with Crippen molar-refractivity contribution in [2.75, 3.05) is 5.32 Å². The summed E-state index contributed by atoms with van der Waals surface area (Å²) in [4.78, 5) is 16.5. The Morgan fingerprint density at radius 1 is 1.15 bits per heavy atom. The van der Waals surface area contributed by atoms with Crippen molar-refractivity contribution in [3.05, 3.63) is 94.4 Å². The van der Waals surface area contributed by atoms with E-state index in [1.165, 1.54) is 28.7 Å². The molecule has 176 valence electrons. The standard InChI is InChI=1S/C25H24ClFN4O3/c1-25(2,3)16-7-9-17(10-8-16)33-14-18-11-12-22(34-18)23(32)29-24-28-15-31(30-24)13-19-20(26)5-4-6-21(19)27/h4-12,15H,13-14H2,1-3H3,(H,29,30,32). The highest BCUT2D eigenvalue weighted by molar-refractivity contribution is 6.31. The molecule has 1 N–H and O–H groups in total. The molecule has 0 atom stereocenters. The molecular weight excluding hydrogens is 459 g/mol. The first-order valence-corrected chi connectivity index (χ1v) is 11.0. The number of amides is 1. The van der Waals surface area contributed by atoms with Crippen LogP contribution in [0.1, 0.15) is 48.2 Å². The number of hydrogen-bond acceptors (Lipinski definition) is 5. The Morgan fingerprint density at radius 3 is 2.62 bits per heavy atom. The normalized spacial score (nSPS) is 11.4. The van der Waals surface area contributed by atoms with Crippen LogP contribution >= 0.6 is 11.6 Å². The first kappa shape index (κ1) is 23.5. The zero-order valence-corrected chi connectivity index (χ0v) is 19.8. The number of nitrogens with zero attached hydrogens (tertiary/aromatic N) is 3. The fraction of sp³-hybridized carbons (Fsp3) is 0.240. The molecule has 0 unspecified atom stereocenters. The summed E-state index contributed by atoms with van der Waals surface area (Å²) in [5.41, 5.74) is 1.57. The molecule has 0 aliphatic carbocycles. The topological polar surface area (TPSA) is 82.2 Å². The van der Waals surface area contributed by atoms with Crippen LogP contribution in [0.25, 0.3) is 0 Å². The molecule has 0 saturated carbocycles. The van der Waals surface area contributed by atoms with Crippen LogP contribution in [-0.4, -0.2) is 20.7 Å². The van der Waals surface area contributed by atoms with Gasteiger partial charge in [0, 0.05) is 10.6 Å². The van der Waals surface area contributed by atoms with Gasteiger partial charge < -0.3 is 9.15 Å². The lowest BCUT2D eigenvalue weighted by Gasteiger charge is -2.19. The molecule has 4 rings (SSSR count). The summed E-state index contributed by atoms with van der Waals surface area (Å²) in [5.74, 6) is 0.408. The summed E-state index contributed by atoms with van der Waals surface area (Å²) in [6.45, 7) is 6.71. The molecule has 0 radical (unpaired) electrons. The highest BCUT2D eigenvalue weighted by Gasteiger charge is 2.16. The summed E-state index contributed by atoms with van der Waals surface area (Å²) in [6.07, 6.45) is 1.38. The van der Waals surface area contributed by atoms with Gasteiger partial charge in [-0.15, -0.1) is 5.10 Å². The monoisotopic (exact) mass is 482 g/mol. The van der Waals surface area contributed by atoms with Crippen LogP contribution in [0.4, 0.5) is 10.3 Å². The highest BCUT2D eigenvalue weighted by Crippen LogP contribution is 2.25. The van der Waals surface area contributed by atoms with E-state index >= 15 is 0 Å². The number of nitrogens with one attached hydrogen (secondary N) is 1. The van der Waals surface area contributed by atoms with Crippen molar-refractivity contribution >= 4 is 23.5 Å². The minimum absolute atomic E-state index is 0.0607. The van der Waals surface area contributed by atoms with Gasteiger partial charge >= 0.3 is 0 Å². The zero-order valence-electron chi connectivity index (χ0n) is 19.0. The van der Waals surface area contributed by atoms with Gasteiger partial charge in [-0.1, -0.05) is 50.6 Å². The van der Waals surface area contributed by atoms with E-state index in [1.807, 2.05) is 24.3 Å². The Hall–Kier alpha value is -3.65. The number of carbonyl (C=O) groups is 1. The second-order valence-electron chi connectivity index (χ2n) is 8.75. The summed E-state index contributed by atoms with van der Waals surface area (Å²) < 4.78 is 26.7. The maximum atomic E-state index is 14.0. The SMILES string of the molecule is CC(C)(C)c1ccc(OCc2ccc(C(=O)Nc3ncn(Cc4c(F)cccc4Cl)n3)o2)cc1. The van der Waals surface area contributed by atoms with Crippen molar-refractivity contribution in [1.82, 2.24) is 14.8 Å². The third-order valence-corrected chi connectivity index (χ3v) is 5.48. The fourth-order valence-corrected chi connectivity index (χ4v) is 3.44. The van der Waals surface area contributed by atoms with E-state index in [-0.39, 0.29) is 40.9 Å². The molecule has 0 saturated heterocycles. The highest BCUT2D eigenvalue weighted by atomic mass is 35.5. The van der Waals surface area contributed by atoms with Crippen molar-refractivity contribution in [2.45, 2.75) is 39.3 Å². The van der Waals surface area contributed by atoms with Crippen molar-refractivity contribution in [1.29, 1.82) is 0 Å². The van der Waals surface area contributed by atoms with Crippen LogP contribution < -0.4 is 10.1 Å². The Labute approximate surface area is 201 Å². The average Bonchev–Trinajstić information content (AvgIpc) is 3.44. The largest absolute Gasteiger partial charge is 0.486 e. The number of rotatable bonds is 7. The lowest BCUT2D eigenvalue weighted by molar-refractivity contribution is 0.0991. The summed E-state index contributed by atoms with van der Waals surface area (Å²) >= 11 is 6.05. The number of aromatic nitrogens is 3. The third kappa shape index (κ3) is 5.63. The van der Waals surface area contributed by atoms with E-state index in [4.69, 9.17) is 20.8 Å². The predicted molar refractivity (Wildman–Crippen MR) is 127 cm³/mol. The third-order valence-electron chi connectivity index (χ3n) is 5.13. The van der Waals surface area contributed by atoms with E-state index in [1.54, 1.807) is 18.2 Å². The van der Waals surface area contributed by atoms with Gasteiger partial charge in [0.2, 0.25) is 5.95 Å². The van der Waals surface area contributed by atoms with E-state index in [0.29, 0.717) is 11.5 Å². The molecule has 2 aromatic heterocycles. The van der Waals surface area contributed by atoms with Crippen molar-refractivity contribution in [2.24, 2.45) is 0 Å². The van der Waals surface area contributed by atoms with Crippen molar-refractivity contribution in [3.8, 4) is 5.75 Å². The first-order chi connectivity index (χ1) is 16.2. The van der Waals surface area contributed by atoms with Gasteiger partial charge in [0.1, 0.15) is 30.3 Å². The second-order valence-corrected chi connectivity index (χ2v) is 9.16. The van der Waals surface area contributed by atoms with Gasteiger partial charge in [-0.2, -0.15) is 0 Å². The molecular formula is C25H24ClFN4O3. The predicted octanol–water partition coefficient (Wildman–Crippen LogP) is 5.84. The number of ether oxygens (including phenoxy) is 1. The summed E-state index contributed by atoms with van der Waals surface area (Å²) in [6, 6.07) is 15.5. The lowest BCUT2D eigenvalue weighted by atomic mass is 9.87. The molecule has 34 heavy (non-hydrogen) atoms. The minimum Gasteiger partial charge on any atom is -0.486 e. The number of benzene rings is 2. The molecule has 1 amide bonds. The molecule has 9 heteroatoms. The second kappa shape index (κ2) is 9.69. The lowest BCUT2D eigenvalue weighted by Crippen LogP contribution is -2.13. The average molecular weight is 483 g/mol. The number of furan rings is 1. The molecule has 0 fully saturated rings. The molecule has 2 heterocycles. The van der Waals surface area contributed by atoms with Crippen LogP contribution in [0.15, 0.2) is 65.3 Å². The number of carbonyl (C=O) groups excluding carboxylic acids is 1. The Bertz CT molecular complexity index is 1270. The Balaban J connectivity index is 1.33. The van der Waals surface area contributed by atoms with Gasteiger partial charge in [0.05, 0.1) is 6.54 Å². The molecule has 2 aromatic carbocycles. The number of hydrogen-bond donors (Lipinski definition) is 1. The van der Waals surface area contributed by atoms with Crippen LogP contribution in [0.5, 0.6) is 5.75 Å². The molecule has 0 spiro atoms. The van der Waals surface area contributed by atoms with Crippen molar-refractivity contribution < 1.29 is 18.3 Å². The van der Waals surface area contributed by atoms with Gasteiger partial charge in [-0.05, 0) is 47.4 Å². The van der Waals surface area contributed by atoms with Crippen LogP contribution in [0, 0.1) is 5.82 Å². The van der Waals surface area contributed by atoms with Gasteiger partial charge in [0.15, 0.2) is 5.76 Å². The molecule has 0 aliphatic heterocycles. The van der Waals surface area contributed by atoms with Crippen LogP contribution in [0.2, 0.25) is 5.02 Å². The Morgan fingerprint density at radius 2 is 1.91 bits per heavy atom. The van der Waals surface area contributed by atoms with Gasteiger partial charge in [-0.3, -0.25) is 10.1 Å². The maximum absolute atomic E-state index is 14.0. The van der Waals surface area contributed by atoms with Crippen molar-refractivity contribution in [3.63, 3.8) is 0 Å². The Kier molecular flexibility index (Phi) is 6.70. The first-order valence-electron chi connectivity index (χ1n) is 10.6.